The van der Waals surface area contributed by atoms with Crippen molar-refractivity contribution in [3.8, 4) is 23.1 Å². The molecule has 1 aliphatic rings. The molecule has 3 aromatic rings. The largest absolute Gasteiger partial charge is 0.494 e. The molecule has 1 aromatic carbocycles. The van der Waals surface area contributed by atoms with Crippen LogP contribution in [0.3, 0.4) is 0 Å². The second-order valence-electron chi connectivity index (χ2n) is 5.44. The molecule has 2 heterocycles. The molecular formula is C17H14N4O. The van der Waals surface area contributed by atoms with E-state index >= 15 is 0 Å². The third-order valence-corrected chi connectivity index (χ3v) is 4.29. The van der Waals surface area contributed by atoms with Gasteiger partial charge in [0.1, 0.15) is 17.0 Å². The molecule has 0 bridgehead atoms. The van der Waals surface area contributed by atoms with Crippen LogP contribution in [0.15, 0.2) is 30.5 Å². The number of hydrogen-bond acceptors (Lipinski definition) is 4. The molecule has 1 aliphatic carbocycles. The van der Waals surface area contributed by atoms with Crippen molar-refractivity contribution in [3.05, 3.63) is 41.6 Å². The normalized spacial score (nSPS) is 16.5. The standard InChI is InChI=1S/C17H14N4O/c1-22-16-7-14-15(9-19-21-14)20-17(16)13-4-2-3-11-10(8-18)5-6-12(11)13/h2-4,7,9-10H,5-6H2,1H3,(H,19,21). The van der Waals surface area contributed by atoms with Gasteiger partial charge < -0.3 is 4.74 Å². The number of nitriles is 1. The number of H-pyrrole nitrogens is 1. The minimum Gasteiger partial charge on any atom is -0.494 e. The highest BCUT2D eigenvalue weighted by Gasteiger charge is 2.26. The molecule has 108 valence electrons. The first kappa shape index (κ1) is 12.8. The molecule has 1 unspecified atom stereocenters. The lowest BCUT2D eigenvalue weighted by Gasteiger charge is -2.12. The second kappa shape index (κ2) is 4.85. The van der Waals surface area contributed by atoms with Crippen molar-refractivity contribution in [3.63, 3.8) is 0 Å². The van der Waals surface area contributed by atoms with Gasteiger partial charge in [-0.15, -0.1) is 0 Å². The van der Waals surface area contributed by atoms with E-state index < -0.39 is 0 Å². The Morgan fingerprint density at radius 3 is 3.14 bits per heavy atom. The monoisotopic (exact) mass is 290 g/mol. The first-order valence-corrected chi connectivity index (χ1v) is 7.21. The van der Waals surface area contributed by atoms with Crippen LogP contribution in [0.2, 0.25) is 0 Å². The van der Waals surface area contributed by atoms with Crippen LogP contribution in [0, 0.1) is 11.3 Å². The summed E-state index contributed by atoms with van der Waals surface area (Å²) in [6.07, 6.45) is 3.48. The molecule has 0 spiro atoms. The Bertz CT molecular complexity index is 907. The lowest BCUT2D eigenvalue weighted by atomic mass is 9.97. The number of rotatable bonds is 2. The van der Waals surface area contributed by atoms with E-state index in [-0.39, 0.29) is 5.92 Å². The van der Waals surface area contributed by atoms with E-state index in [0.717, 1.165) is 40.7 Å². The summed E-state index contributed by atoms with van der Waals surface area (Å²) in [4.78, 5) is 4.70. The summed E-state index contributed by atoms with van der Waals surface area (Å²) >= 11 is 0. The molecule has 1 N–H and O–H groups in total. The molecule has 4 rings (SSSR count). The van der Waals surface area contributed by atoms with E-state index in [1.807, 2.05) is 18.2 Å². The molecule has 0 saturated heterocycles. The van der Waals surface area contributed by atoms with Crippen LogP contribution in [0.4, 0.5) is 0 Å². The number of nitrogens with one attached hydrogen (secondary N) is 1. The van der Waals surface area contributed by atoms with Gasteiger partial charge in [-0.1, -0.05) is 18.2 Å². The van der Waals surface area contributed by atoms with E-state index in [2.05, 4.69) is 22.3 Å². The second-order valence-corrected chi connectivity index (χ2v) is 5.44. The van der Waals surface area contributed by atoms with Gasteiger partial charge in [0.05, 0.1) is 30.8 Å². The van der Waals surface area contributed by atoms with Gasteiger partial charge in [0.2, 0.25) is 0 Å². The van der Waals surface area contributed by atoms with Crippen molar-refractivity contribution in [2.24, 2.45) is 0 Å². The van der Waals surface area contributed by atoms with Crippen LogP contribution in [-0.2, 0) is 6.42 Å². The molecule has 0 saturated carbocycles. The van der Waals surface area contributed by atoms with Crippen LogP contribution < -0.4 is 4.74 Å². The van der Waals surface area contributed by atoms with Gasteiger partial charge in [-0.3, -0.25) is 5.10 Å². The Hall–Kier alpha value is -2.87. The quantitative estimate of drug-likeness (QED) is 0.786. The average molecular weight is 290 g/mol. The van der Waals surface area contributed by atoms with Crippen molar-refractivity contribution in [2.75, 3.05) is 7.11 Å². The summed E-state index contributed by atoms with van der Waals surface area (Å²) in [5.41, 5.74) is 5.85. The Morgan fingerprint density at radius 1 is 1.41 bits per heavy atom. The lowest BCUT2D eigenvalue weighted by molar-refractivity contribution is 0.415. The summed E-state index contributed by atoms with van der Waals surface area (Å²) in [6, 6.07) is 10.4. The van der Waals surface area contributed by atoms with Crippen LogP contribution in [0.5, 0.6) is 5.75 Å². The van der Waals surface area contributed by atoms with Gasteiger partial charge >= 0.3 is 0 Å². The van der Waals surface area contributed by atoms with Crippen molar-refractivity contribution >= 4 is 11.0 Å². The third kappa shape index (κ3) is 1.77. The molecule has 2 aromatic heterocycles. The fourth-order valence-electron chi connectivity index (χ4n) is 3.22. The number of ether oxygens (including phenoxy) is 1. The van der Waals surface area contributed by atoms with Crippen molar-refractivity contribution < 1.29 is 4.74 Å². The highest BCUT2D eigenvalue weighted by atomic mass is 16.5. The summed E-state index contributed by atoms with van der Waals surface area (Å²) in [7, 11) is 1.64. The predicted octanol–water partition coefficient (Wildman–Crippen LogP) is 3.19. The van der Waals surface area contributed by atoms with E-state index in [0.29, 0.717) is 5.75 Å². The smallest absolute Gasteiger partial charge is 0.147 e. The summed E-state index contributed by atoms with van der Waals surface area (Å²) < 4.78 is 5.51. The van der Waals surface area contributed by atoms with Crippen LogP contribution in [0.1, 0.15) is 23.5 Å². The van der Waals surface area contributed by atoms with Gasteiger partial charge in [0.15, 0.2) is 0 Å². The molecule has 5 heteroatoms. The zero-order valence-electron chi connectivity index (χ0n) is 12.1. The molecule has 22 heavy (non-hydrogen) atoms. The average Bonchev–Trinajstić information content (AvgIpc) is 3.18. The number of aromatic nitrogens is 3. The van der Waals surface area contributed by atoms with Gasteiger partial charge in [0.25, 0.3) is 0 Å². The topological polar surface area (TPSA) is 74.6 Å². The van der Waals surface area contributed by atoms with Crippen LogP contribution in [-0.4, -0.2) is 22.3 Å². The number of fused-ring (bicyclic) bond motifs is 2. The maximum absolute atomic E-state index is 9.29. The van der Waals surface area contributed by atoms with Gasteiger partial charge in [-0.2, -0.15) is 10.4 Å². The first-order chi connectivity index (χ1) is 10.8. The number of nitrogens with zero attached hydrogens (tertiary/aromatic N) is 3. The van der Waals surface area contributed by atoms with Crippen molar-refractivity contribution in [2.45, 2.75) is 18.8 Å². The number of hydrogen-bond donors (Lipinski definition) is 1. The van der Waals surface area contributed by atoms with E-state index in [9.17, 15) is 5.26 Å². The SMILES string of the molecule is COc1cc2[nH]ncc2nc1-c1cccc2c1CCC2C#N. The van der Waals surface area contributed by atoms with Gasteiger partial charge in [-0.05, 0) is 24.0 Å². The minimum atomic E-state index is -0.0152. The Morgan fingerprint density at radius 2 is 2.32 bits per heavy atom. The minimum absolute atomic E-state index is 0.0152. The summed E-state index contributed by atoms with van der Waals surface area (Å²) in [5.74, 6) is 0.698. The lowest BCUT2D eigenvalue weighted by Crippen LogP contribution is -1.96. The maximum Gasteiger partial charge on any atom is 0.147 e. The third-order valence-electron chi connectivity index (χ3n) is 4.29. The zero-order valence-corrected chi connectivity index (χ0v) is 12.1. The van der Waals surface area contributed by atoms with Gasteiger partial charge in [0, 0.05) is 11.6 Å². The molecule has 0 radical (unpaired) electrons. The van der Waals surface area contributed by atoms with E-state index in [1.165, 1.54) is 5.56 Å². The van der Waals surface area contributed by atoms with Crippen LogP contribution >= 0.6 is 0 Å². The maximum atomic E-state index is 9.29. The number of methoxy groups -OCH3 is 1. The first-order valence-electron chi connectivity index (χ1n) is 7.21. The molecule has 0 amide bonds. The predicted molar refractivity (Wildman–Crippen MR) is 82.6 cm³/mol. The number of aromatic amines is 1. The number of pyridine rings is 1. The molecule has 0 fully saturated rings. The highest BCUT2D eigenvalue weighted by Crippen LogP contribution is 2.41. The Kier molecular flexibility index (Phi) is 2.83. The molecule has 1 atom stereocenters. The van der Waals surface area contributed by atoms with E-state index in [1.54, 1.807) is 13.3 Å². The summed E-state index contributed by atoms with van der Waals surface area (Å²) in [5, 5.41) is 16.2. The zero-order chi connectivity index (χ0) is 15.1. The van der Waals surface area contributed by atoms with Crippen LogP contribution in [0.25, 0.3) is 22.3 Å². The van der Waals surface area contributed by atoms with Gasteiger partial charge in [-0.25, -0.2) is 4.98 Å². The summed E-state index contributed by atoms with van der Waals surface area (Å²) in [6.45, 7) is 0. The van der Waals surface area contributed by atoms with Crippen molar-refractivity contribution in [1.29, 1.82) is 5.26 Å². The Balaban J connectivity index is 1.97. The molecule has 5 nitrogen and oxygen atoms in total. The highest BCUT2D eigenvalue weighted by molar-refractivity contribution is 5.83. The molecule has 0 aliphatic heterocycles. The fourth-order valence-corrected chi connectivity index (χ4v) is 3.22. The van der Waals surface area contributed by atoms with E-state index in [4.69, 9.17) is 9.72 Å². The van der Waals surface area contributed by atoms with Crippen molar-refractivity contribution in [1.82, 2.24) is 15.2 Å². The molecular weight excluding hydrogens is 276 g/mol. The number of benzene rings is 1. The Labute approximate surface area is 127 Å². The fraction of sp³-hybridized carbons (Fsp3) is 0.235.